The van der Waals surface area contributed by atoms with Crippen molar-refractivity contribution < 1.29 is 19.1 Å². The van der Waals surface area contributed by atoms with Gasteiger partial charge in [0, 0.05) is 18.4 Å². The molecule has 25 heavy (non-hydrogen) atoms. The minimum Gasteiger partial charge on any atom is -0.480 e. The number of rotatable bonds is 8. The zero-order chi connectivity index (χ0) is 17.8. The molecule has 1 heterocycles. The molecule has 1 atom stereocenters. The van der Waals surface area contributed by atoms with Crippen LogP contribution in [0.2, 0.25) is 5.02 Å². The number of nitrogens with zero attached hydrogens (tertiary/aromatic N) is 1. The van der Waals surface area contributed by atoms with E-state index in [0.29, 0.717) is 35.4 Å². The van der Waals surface area contributed by atoms with Crippen LogP contribution in [0.25, 0.3) is 11.3 Å². The van der Waals surface area contributed by atoms with Crippen LogP contribution in [0.3, 0.4) is 0 Å². The molecule has 1 aliphatic carbocycles. The zero-order valence-electron chi connectivity index (χ0n) is 13.6. The number of carbonyl (C=O) groups is 2. The quantitative estimate of drug-likeness (QED) is 0.751. The molecule has 0 bridgehead atoms. The average molecular weight is 363 g/mol. The molecule has 3 rings (SSSR count). The third-order valence-corrected chi connectivity index (χ3v) is 4.49. The first kappa shape index (κ1) is 17.5. The maximum atomic E-state index is 12.0. The SMILES string of the molecule is O=C(CCc1ncc(-c2ccccc2Cl)o1)NC(CC1CC1)C(=O)O. The van der Waals surface area contributed by atoms with Crippen LogP contribution in [-0.2, 0) is 16.0 Å². The van der Waals surface area contributed by atoms with Gasteiger partial charge in [0.1, 0.15) is 6.04 Å². The lowest BCUT2D eigenvalue weighted by atomic mass is 10.1. The number of halogens is 1. The monoisotopic (exact) mass is 362 g/mol. The van der Waals surface area contributed by atoms with E-state index in [4.69, 9.17) is 16.0 Å². The Balaban J connectivity index is 1.54. The van der Waals surface area contributed by atoms with Crippen LogP contribution in [-0.4, -0.2) is 28.0 Å². The summed E-state index contributed by atoms with van der Waals surface area (Å²) in [7, 11) is 0. The molecule has 1 saturated carbocycles. The summed E-state index contributed by atoms with van der Waals surface area (Å²) < 4.78 is 5.64. The molecule has 1 aromatic carbocycles. The van der Waals surface area contributed by atoms with Crippen LogP contribution < -0.4 is 5.32 Å². The Bertz CT molecular complexity index is 770. The Morgan fingerprint density at radius 1 is 1.36 bits per heavy atom. The van der Waals surface area contributed by atoms with Gasteiger partial charge in [-0.15, -0.1) is 0 Å². The summed E-state index contributed by atoms with van der Waals surface area (Å²) >= 11 is 6.12. The van der Waals surface area contributed by atoms with Gasteiger partial charge in [-0.1, -0.05) is 36.6 Å². The van der Waals surface area contributed by atoms with Gasteiger partial charge in [0.2, 0.25) is 5.91 Å². The Labute approximate surface area is 150 Å². The van der Waals surface area contributed by atoms with Crippen molar-refractivity contribution in [2.24, 2.45) is 5.92 Å². The van der Waals surface area contributed by atoms with Crippen molar-refractivity contribution >= 4 is 23.5 Å². The van der Waals surface area contributed by atoms with Crippen molar-refractivity contribution in [2.45, 2.75) is 38.1 Å². The summed E-state index contributed by atoms with van der Waals surface area (Å²) in [5.41, 5.74) is 0.739. The first-order valence-electron chi connectivity index (χ1n) is 8.24. The number of hydrogen-bond donors (Lipinski definition) is 2. The molecule has 6 nitrogen and oxygen atoms in total. The Hall–Kier alpha value is -2.34. The fourth-order valence-corrected chi connectivity index (χ4v) is 2.84. The summed E-state index contributed by atoms with van der Waals surface area (Å²) in [4.78, 5) is 27.4. The molecule has 1 aliphatic rings. The largest absolute Gasteiger partial charge is 0.480 e. The van der Waals surface area contributed by atoms with Gasteiger partial charge in [0.25, 0.3) is 0 Å². The van der Waals surface area contributed by atoms with Crippen molar-refractivity contribution in [3.8, 4) is 11.3 Å². The lowest BCUT2D eigenvalue weighted by Gasteiger charge is -2.13. The number of oxazole rings is 1. The number of hydrogen-bond acceptors (Lipinski definition) is 4. The predicted molar refractivity (Wildman–Crippen MR) is 92.2 cm³/mol. The van der Waals surface area contributed by atoms with E-state index in [1.807, 2.05) is 18.2 Å². The second kappa shape index (κ2) is 7.70. The van der Waals surface area contributed by atoms with Gasteiger partial charge < -0.3 is 14.8 Å². The van der Waals surface area contributed by atoms with Crippen molar-refractivity contribution in [1.82, 2.24) is 10.3 Å². The minimum atomic E-state index is -0.989. The number of benzene rings is 1. The van der Waals surface area contributed by atoms with Crippen LogP contribution in [0.1, 0.15) is 31.6 Å². The summed E-state index contributed by atoms with van der Waals surface area (Å²) in [6.07, 6.45) is 4.57. The van der Waals surface area contributed by atoms with Crippen molar-refractivity contribution in [2.75, 3.05) is 0 Å². The van der Waals surface area contributed by atoms with E-state index >= 15 is 0 Å². The summed E-state index contributed by atoms with van der Waals surface area (Å²) in [5.74, 6) is 0.0755. The van der Waals surface area contributed by atoms with Crippen LogP contribution in [0.4, 0.5) is 0 Å². The Morgan fingerprint density at radius 2 is 2.12 bits per heavy atom. The fraction of sp³-hybridized carbons (Fsp3) is 0.389. The molecule has 0 aliphatic heterocycles. The van der Waals surface area contributed by atoms with Crippen molar-refractivity contribution in [3.05, 3.63) is 41.4 Å². The molecular weight excluding hydrogens is 344 g/mol. The molecule has 2 N–H and O–H groups in total. The van der Waals surface area contributed by atoms with E-state index in [9.17, 15) is 14.7 Å². The van der Waals surface area contributed by atoms with Crippen LogP contribution >= 0.6 is 11.6 Å². The highest BCUT2D eigenvalue weighted by atomic mass is 35.5. The number of carbonyl (C=O) groups excluding carboxylic acids is 1. The average Bonchev–Trinajstić information content (AvgIpc) is 3.28. The van der Waals surface area contributed by atoms with E-state index in [0.717, 1.165) is 18.4 Å². The van der Waals surface area contributed by atoms with Gasteiger partial charge in [-0.05, 0) is 24.5 Å². The van der Waals surface area contributed by atoms with Crippen LogP contribution in [0.5, 0.6) is 0 Å². The van der Waals surface area contributed by atoms with Crippen LogP contribution in [0.15, 0.2) is 34.9 Å². The predicted octanol–water partition coefficient (Wildman–Crippen LogP) is 3.30. The van der Waals surface area contributed by atoms with Gasteiger partial charge in [0.05, 0.1) is 11.2 Å². The summed E-state index contributed by atoms with van der Waals surface area (Å²) in [6, 6.07) is 6.45. The lowest BCUT2D eigenvalue weighted by molar-refractivity contribution is -0.142. The lowest BCUT2D eigenvalue weighted by Crippen LogP contribution is -2.41. The van der Waals surface area contributed by atoms with Gasteiger partial charge in [-0.2, -0.15) is 0 Å². The molecule has 132 valence electrons. The highest BCUT2D eigenvalue weighted by Gasteiger charge is 2.30. The molecule has 0 spiro atoms. The summed E-state index contributed by atoms with van der Waals surface area (Å²) in [5, 5.41) is 12.3. The normalized spacial score (nSPS) is 14.9. The van der Waals surface area contributed by atoms with E-state index in [2.05, 4.69) is 10.3 Å². The van der Waals surface area contributed by atoms with Gasteiger partial charge in [-0.25, -0.2) is 9.78 Å². The highest BCUT2D eigenvalue weighted by Crippen LogP contribution is 2.33. The number of aromatic nitrogens is 1. The summed E-state index contributed by atoms with van der Waals surface area (Å²) in [6.45, 7) is 0. The van der Waals surface area contributed by atoms with E-state index < -0.39 is 12.0 Å². The van der Waals surface area contributed by atoms with Gasteiger partial charge in [0.15, 0.2) is 11.7 Å². The maximum Gasteiger partial charge on any atom is 0.326 e. The van der Waals surface area contributed by atoms with Crippen molar-refractivity contribution in [3.63, 3.8) is 0 Å². The second-order valence-corrected chi connectivity index (χ2v) is 6.64. The molecule has 1 aromatic heterocycles. The first-order chi connectivity index (χ1) is 12.0. The topological polar surface area (TPSA) is 92.4 Å². The third kappa shape index (κ3) is 4.82. The molecule has 0 saturated heterocycles. The number of carboxylic acid groups (broad SMARTS) is 1. The molecule has 2 aromatic rings. The number of carboxylic acids is 1. The first-order valence-corrected chi connectivity index (χ1v) is 8.62. The number of nitrogens with one attached hydrogen (secondary N) is 1. The minimum absolute atomic E-state index is 0.122. The fourth-order valence-electron chi connectivity index (χ4n) is 2.61. The molecule has 1 unspecified atom stereocenters. The number of aliphatic carboxylic acids is 1. The standard InChI is InChI=1S/C18H19ClN2O4/c19-13-4-2-1-3-12(13)15-10-20-17(25-15)8-7-16(22)21-14(18(23)24)9-11-5-6-11/h1-4,10-11,14H,5-9H2,(H,21,22)(H,23,24). The second-order valence-electron chi connectivity index (χ2n) is 6.24. The smallest absolute Gasteiger partial charge is 0.326 e. The molecular formula is C18H19ClN2O4. The maximum absolute atomic E-state index is 12.0. The number of aryl methyl sites for hydroxylation is 1. The van der Waals surface area contributed by atoms with E-state index in [-0.39, 0.29) is 12.3 Å². The van der Waals surface area contributed by atoms with Crippen LogP contribution in [0, 0.1) is 5.92 Å². The molecule has 1 amide bonds. The van der Waals surface area contributed by atoms with E-state index in [1.54, 1.807) is 12.3 Å². The molecule has 7 heteroatoms. The van der Waals surface area contributed by atoms with E-state index in [1.165, 1.54) is 0 Å². The Kier molecular flexibility index (Phi) is 5.38. The number of amides is 1. The van der Waals surface area contributed by atoms with Gasteiger partial charge >= 0.3 is 5.97 Å². The highest BCUT2D eigenvalue weighted by molar-refractivity contribution is 6.33. The van der Waals surface area contributed by atoms with Crippen molar-refractivity contribution in [1.29, 1.82) is 0 Å². The third-order valence-electron chi connectivity index (χ3n) is 4.16. The zero-order valence-corrected chi connectivity index (χ0v) is 14.3. The molecule has 0 radical (unpaired) electrons. The van der Waals surface area contributed by atoms with Gasteiger partial charge in [-0.3, -0.25) is 4.79 Å². The molecule has 1 fully saturated rings. The Morgan fingerprint density at radius 3 is 2.80 bits per heavy atom.